The van der Waals surface area contributed by atoms with Gasteiger partial charge in [0.15, 0.2) is 0 Å². The van der Waals surface area contributed by atoms with Crippen LogP contribution in [0.25, 0.3) is 30.2 Å². The standard InChI is InChI=1S/C21H14N2O4S3/c1-10-18(21(25)26)13-3-2-12(6-16(13)29-10)27-15-4-5-22-14-7-17(30-19(14)15)20-23-11(8-24)9-28-20/h2-7,9,24H,8H2,1H3,(H,25,26). The van der Waals surface area contributed by atoms with Gasteiger partial charge in [0.25, 0.3) is 0 Å². The first-order valence-corrected chi connectivity index (χ1v) is 11.4. The van der Waals surface area contributed by atoms with Gasteiger partial charge in [0.1, 0.15) is 16.5 Å². The maximum absolute atomic E-state index is 11.5. The number of pyridine rings is 1. The van der Waals surface area contributed by atoms with E-state index < -0.39 is 5.97 Å². The molecule has 0 bridgehead atoms. The quantitative estimate of drug-likeness (QED) is 0.342. The summed E-state index contributed by atoms with van der Waals surface area (Å²) in [5.74, 6) is 0.405. The minimum Gasteiger partial charge on any atom is -0.478 e. The largest absolute Gasteiger partial charge is 0.478 e. The van der Waals surface area contributed by atoms with Crippen LogP contribution in [0.1, 0.15) is 20.9 Å². The predicted octanol–water partition coefficient (Wildman–Crippen LogP) is 5.93. The molecule has 150 valence electrons. The third-order valence-corrected chi connectivity index (χ3v) is 7.85. The fourth-order valence-electron chi connectivity index (χ4n) is 3.25. The number of aromatic carboxylic acids is 1. The number of fused-ring (bicyclic) bond motifs is 2. The molecule has 6 nitrogen and oxygen atoms in total. The molecule has 4 heterocycles. The maximum atomic E-state index is 11.5. The topological polar surface area (TPSA) is 92.5 Å². The molecule has 0 saturated carbocycles. The minimum atomic E-state index is -0.916. The van der Waals surface area contributed by atoms with Crippen molar-refractivity contribution in [3.63, 3.8) is 0 Å². The summed E-state index contributed by atoms with van der Waals surface area (Å²) in [4.78, 5) is 22.1. The smallest absolute Gasteiger partial charge is 0.337 e. The van der Waals surface area contributed by atoms with E-state index in [4.69, 9.17) is 4.74 Å². The van der Waals surface area contributed by atoms with Crippen LogP contribution in [-0.4, -0.2) is 26.2 Å². The van der Waals surface area contributed by atoms with E-state index in [0.29, 0.717) is 22.8 Å². The highest BCUT2D eigenvalue weighted by atomic mass is 32.1. The molecule has 0 fully saturated rings. The van der Waals surface area contributed by atoms with Crippen LogP contribution in [0.5, 0.6) is 11.5 Å². The van der Waals surface area contributed by atoms with E-state index in [1.54, 1.807) is 18.3 Å². The molecule has 0 amide bonds. The second-order valence-corrected chi connectivity index (χ2v) is 9.70. The normalized spacial score (nSPS) is 11.4. The highest BCUT2D eigenvalue weighted by Crippen LogP contribution is 2.41. The third kappa shape index (κ3) is 3.25. The van der Waals surface area contributed by atoms with Gasteiger partial charge in [0.05, 0.1) is 33.0 Å². The summed E-state index contributed by atoms with van der Waals surface area (Å²) in [6, 6.07) is 9.24. The Kier molecular flexibility index (Phi) is 4.75. The zero-order chi connectivity index (χ0) is 20.8. The zero-order valence-electron chi connectivity index (χ0n) is 15.6. The summed E-state index contributed by atoms with van der Waals surface area (Å²) in [5.41, 5.74) is 1.81. The number of hydrogen-bond acceptors (Lipinski definition) is 8. The van der Waals surface area contributed by atoms with Crippen molar-refractivity contribution in [2.45, 2.75) is 13.5 Å². The van der Waals surface area contributed by atoms with Crippen LogP contribution in [0, 0.1) is 6.92 Å². The van der Waals surface area contributed by atoms with Crippen molar-refractivity contribution >= 4 is 60.3 Å². The number of aryl methyl sites for hydroxylation is 1. The molecule has 0 unspecified atom stereocenters. The molecule has 0 aliphatic heterocycles. The molecule has 5 aromatic rings. The molecule has 0 aliphatic rings. The van der Waals surface area contributed by atoms with Crippen LogP contribution in [0.2, 0.25) is 0 Å². The molecule has 30 heavy (non-hydrogen) atoms. The molecule has 1 aromatic carbocycles. The Hall–Kier alpha value is -2.85. The molecule has 9 heteroatoms. The predicted molar refractivity (Wildman–Crippen MR) is 120 cm³/mol. The van der Waals surface area contributed by atoms with Gasteiger partial charge in [-0.1, -0.05) is 0 Å². The average molecular weight is 455 g/mol. The van der Waals surface area contributed by atoms with Crippen LogP contribution in [0.4, 0.5) is 0 Å². The van der Waals surface area contributed by atoms with Crippen molar-refractivity contribution in [1.29, 1.82) is 0 Å². The van der Waals surface area contributed by atoms with Gasteiger partial charge >= 0.3 is 5.97 Å². The number of nitrogens with zero attached hydrogens (tertiary/aromatic N) is 2. The summed E-state index contributed by atoms with van der Waals surface area (Å²) in [6.45, 7) is 1.73. The summed E-state index contributed by atoms with van der Waals surface area (Å²) in [7, 11) is 0. The van der Waals surface area contributed by atoms with E-state index in [1.807, 2.05) is 30.5 Å². The van der Waals surface area contributed by atoms with Crippen molar-refractivity contribution in [2.24, 2.45) is 0 Å². The molecular formula is C21H14N2O4S3. The first-order valence-electron chi connectivity index (χ1n) is 8.92. The van der Waals surface area contributed by atoms with Gasteiger partial charge in [-0.15, -0.1) is 34.0 Å². The second-order valence-electron chi connectivity index (χ2n) is 6.53. The highest BCUT2D eigenvalue weighted by Gasteiger charge is 2.17. The third-order valence-electron chi connectivity index (χ3n) is 4.58. The van der Waals surface area contributed by atoms with Gasteiger partial charge < -0.3 is 14.9 Å². The van der Waals surface area contributed by atoms with Crippen molar-refractivity contribution in [1.82, 2.24) is 9.97 Å². The summed E-state index contributed by atoms with van der Waals surface area (Å²) < 4.78 is 7.94. The molecular weight excluding hydrogens is 440 g/mol. The fourth-order valence-corrected chi connectivity index (χ4v) is 6.27. The Morgan fingerprint density at radius 1 is 1.20 bits per heavy atom. The van der Waals surface area contributed by atoms with Crippen LogP contribution in [0.15, 0.2) is 41.9 Å². The van der Waals surface area contributed by atoms with E-state index in [1.165, 1.54) is 34.0 Å². The van der Waals surface area contributed by atoms with Crippen LogP contribution < -0.4 is 4.74 Å². The Balaban J connectivity index is 1.53. The van der Waals surface area contributed by atoms with Crippen LogP contribution in [-0.2, 0) is 6.61 Å². The van der Waals surface area contributed by atoms with Gasteiger partial charge in [0, 0.05) is 32.6 Å². The summed E-state index contributed by atoms with van der Waals surface area (Å²) in [5, 5.41) is 22.1. The van der Waals surface area contributed by atoms with Crippen LogP contribution in [0.3, 0.4) is 0 Å². The summed E-state index contributed by atoms with van der Waals surface area (Å²) in [6.07, 6.45) is 1.70. The summed E-state index contributed by atoms with van der Waals surface area (Å²) >= 11 is 4.47. The lowest BCUT2D eigenvalue weighted by molar-refractivity contribution is 0.0699. The average Bonchev–Trinajstić information content (AvgIpc) is 3.43. The van der Waals surface area contributed by atoms with E-state index in [2.05, 4.69) is 9.97 Å². The number of hydrogen-bond donors (Lipinski definition) is 2. The number of carboxylic acids is 1. The molecule has 0 aliphatic carbocycles. The first kappa shape index (κ1) is 19.1. The van der Waals surface area contributed by atoms with Gasteiger partial charge in [-0.05, 0) is 31.2 Å². The van der Waals surface area contributed by atoms with E-state index in [9.17, 15) is 15.0 Å². The van der Waals surface area contributed by atoms with Gasteiger partial charge in [-0.2, -0.15) is 0 Å². The Labute approximate surface area is 182 Å². The molecule has 2 N–H and O–H groups in total. The lowest BCUT2D eigenvalue weighted by Crippen LogP contribution is -1.96. The maximum Gasteiger partial charge on any atom is 0.337 e. The number of aromatic nitrogens is 2. The lowest BCUT2D eigenvalue weighted by atomic mass is 10.1. The Morgan fingerprint density at radius 3 is 2.83 bits per heavy atom. The SMILES string of the molecule is Cc1sc2cc(Oc3ccnc4cc(-c5nc(CO)cs5)sc34)ccc2c1C(=O)O. The first-order chi connectivity index (χ1) is 14.5. The molecule has 4 aromatic heterocycles. The van der Waals surface area contributed by atoms with E-state index in [-0.39, 0.29) is 6.61 Å². The monoisotopic (exact) mass is 454 g/mol. The van der Waals surface area contributed by atoms with Crippen molar-refractivity contribution in [3.05, 3.63) is 58.0 Å². The number of rotatable bonds is 5. The van der Waals surface area contributed by atoms with Gasteiger partial charge in [-0.3, -0.25) is 4.98 Å². The molecule has 0 radical (unpaired) electrons. The number of aliphatic hydroxyl groups is 1. The number of benzene rings is 1. The van der Waals surface area contributed by atoms with Gasteiger partial charge in [-0.25, -0.2) is 9.78 Å². The molecule has 0 atom stereocenters. The van der Waals surface area contributed by atoms with E-state index in [0.717, 1.165) is 35.1 Å². The number of thiophene rings is 2. The zero-order valence-corrected chi connectivity index (χ0v) is 18.0. The number of aliphatic hydroxyl groups excluding tert-OH is 1. The Bertz CT molecular complexity index is 1420. The number of thiazole rings is 1. The van der Waals surface area contributed by atoms with Gasteiger partial charge in [0.2, 0.25) is 0 Å². The second kappa shape index (κ2) is 7.44. The number of carboxylic acid groups (broad SMARTS) is 1. The highest BCUT2D eigenvalue weighted by molar-refractivity contribution is 7.25. The number of ether oxygens (including phenoxy) is 1. The fraction of sp³-hybridized carbons (Fsp3) is 0.0952. The molecule has 0 spiro atoms. The molecule has 5 rings (SSSR count). The lowest BCUT2D eigenvalue weighted by Gasteiger charge is -2.06. The minimum absolute atomic E-state index is 0.0811. The van der Waals surface area contributed by atoms with Crippen molar-refractivity contribution in [2.75, 3.05) is 0 Å². The van der Waals surface area contributed by atoms with E-state index >= 15 is 0 Å². The van der Waals surface area contributed by atoms with Crippen molar-refractivity contribution in [3.8, 4) is 21.4 Å². The Morgan fingerprint density at radius 2 is 2.07 bits per heavy atom. The van der Waals surface area contributed by atoms with Crippen LogP contribution >= 0.6 is 34.0 Å². The molecule has 0 saturated heterocycles. The number of carbonyl (C=O) groups is 1. The van der Waals surface area contributed by atoms with Crippen molar-refractivity contribution < 1.29 is 19.7 Å².